The first-order valence-corrected chi connectivity index (χ1v) is 12.2. The lowest BCUT2D eigenvalue weighted by Gasteiger charge is -2.20. The number of aryl methyl sites for hydroxylation is 2. The first kappa shape index (κ1) is 24.7. The zero-order valence-electron chi connectivity index (χ0n) is 20.4. The molecule has 0 unspecified atom stereocenters. The number of anilines is 1. The van der Waals surface area contributed by atoms with Gasteiger partial charge in [-0.25, -0.2) is 9.78 Å². The highest BCUT2D eigenvalue weighted by Gasteiger charge is 2.21. The number of nitrogens with one attached hydrogen (secondary N) is 1. The molecular weight excluding hydrogens is 510 g/mol. The third-order valence-corrected chi connectivity index (χ3v) is 6.32. The molecule has 4 rings (SSSR count). The predicted molar refractivity (Wildman–Crippen MR) is 140 cm³/mol. The molecular formula is C27H28BrN3O4. The molecule has 0 atom stereocenters. The molecule has 0 spiro atoms. The van der Waals surface area contributed by atoms with Crippen LogP contribution in [-0.2, 0) is 17.7 Å². The Bertz CT molecular complexity index is 1410. The summed E-state index contributed by atoms with van der Waals surface area (Å²) in [4.78, 5) is 28.6. The molecule has 0 bridgehead atoms. The number of hydrogen-bond acceptors (Lipinski definition) is 5. The van der Waals surface area contributed by atoms with Gasteiger partial charge in [-0.3, -0.25) is 10.1 Å². The number of ether oxygens (including phenoxy) is 1. The largest absolute Gasteiger partial charge is 0.455 e. The number of benzene rings is 2. The van der Waals surface area contributed by atoms with Crippen molar-refractivity contribution in [2.75, 3.05) is 5.32 Å². The molecule has 0 fully saturated rings. The molecule has 1 N–H and O–H groups in total. The smallest absolute Gasteiger partial charge is 0.412 e. The second-order valence-corrected chi connectivity index (χ2v) is 10.1. The van der Waals surface area contributed by atoms with Gasteiger partial charge in [0.15, 0.2) is 12.0 Å². The van der Waals surface area contributed by atoms with Gasteiger partial charge in [0.1, 0.15) is 22.7 Å². The fraction of sp³-hybridized carbons (Fsp3) is 0.296. The van der Waals surface area contributed by atoms with Gasteiger partial charge in [-0.1, -0.05) is 25.1 Å². The Morgan fingerprint density at radius 2 is 1.97 bits per heavy atom. The van der Waals surface area contributed by atoms with Gasteiger partial charge in [0.2, 0.25) is 0 Å². The highest BCUT2D eigenvalue weighted by molar-refractivity contribution is 9.10. The molecule has 4 aromatic rings. The standard InChI is InChI=1S/C27H28BrN3O4/c1-6-23-29-16(2)21(15-32)31(23)14-17-11-12-22-19(13-17)24(28)25(34-22)18-9-7-8-10-20(18)30-26(33)35-27(3,4)5/h7-13,15H,6,14H2,1-5H3,(H,30,33). The fourth-order valence-corrected chi connectivity index (χ4v) is 4.62. The van der Waals surface area contributed by atoms with E-state index >= 15 is 0 Å². The molecule has 182 valence electrons. The molecule has 2 aromatic carbocycles. The number of amides is 1. The Kier molecular flexibility index (Phi) is 6.85. The van der Waals surface area contributed by atoms with E-state index in [1.807, 2.05) is 75.6 Å². The minimum Gasteiger partial charge on any atom is -0.455 e. The molecule has 7 nitrogen and oxygen atoms in total. The molecule has 2 heterocycles. The average Bonchev–Trinajstić information content (AvgIpc) is 3.28. The number of halogens is 1. The van der Waals surface area contributed by atoms with Crippen LogP contribution >= 0.6 is 15.9 Å². The lowest BCUT2D eigenvalue weighted by Crippen LogP contribution is -2.27. The molecule has 0 saturated carbocycles. The summed E-state index contributed by atoms with van der Waals surface area (Å²) in [5.41, 5.74) is 3.75. The summed E-state index contributed by atoms with van der Waals surface area (Å²) in [5.74, 6) is 1.48. The van der Waals surface area contributed by atoms with Crippen molar-refractivity contribution in [3.8, 4) is 11.3 Å². The van der Waals surface area contributed by atoms with Crippen LogP contribution in [0, 0.1) is 6.92 Å². The first-order chi connectivity index (χ1) is 16.6. The van der Waals surface area contributed by atoms with E-state index in [1.165, 1.54) is 0 Å². The lowest BCUT2D eigenvalue weighted by atomic mass is 10.1. The number of rotatable bonds is 6. The number of carbonyl (C=O) groups is 2. The van der Waals surface area contributed by atoms with E-state index in [-0.39, 0.29) is 0 Å². The normalized spacial score (nSPS) is 11.6. The minimum atomic E-state index is -0.607. The van der Waals surface area contributed by atoms with Gasteiger partial charge in [0.05, 0.1) is 15.9 Å². The van der Waals surface area contributed by atoms with Crippen molar-refractivity contribution in [3.63, 3.8) is 0 Å². The van der Waals surface area contributed by atoms with Gasteiger partial charge in [-0.2, -0.15) is 0 Å². The van der Waals surface area contributed by atoms with Crippen LogP contribution in [0.3, 0.4) is 0 Å². The van der Waals surface area contributed by atoms with E-state index < -0.39 is 11.7 Å². The predicted octanol–water partition coefficient (Wildman–Crippen LogP) is 7.14. The molecule has 0 radical (unpaired) electrons. The van der Waals surface area contributed by atoms with Gasteiger partial charge in [0, 0.05) is 23.9 Å². The summed E-state index contributed by atoms with van der Waals surface area (Å²) in [6.45, 7) is 9.86. The summed E-state index contributed by atoms with van der Waals surface area (Å²) in [6.07, 6.45) is 1.06. The Balaban J connectivity index is 1.70. The van der Waals surface area contributed by atoms with Gasteiger partial charge >= 0.3 is 6.09 Å². The highest BCUT2D eigenvalue weighted by atomic mass is 79.9. The minimum absolute atomic E-state index is 0.526. The molecule has 0 aliphatic heterocycles. The Morgan fingerprint density at radius 1 is 1.23 bits per heavy atom. The van der Waals surface area contributed by atoms with Crippen LogP contribution in [0.4, 0.5) is 10.5 Å². The van der Waals surface area contributed by atoms with Crippen LogP contribution in [0.5, 0.6) is 0 Å². The Morgan fingerprint density at radius 3 is 2.66 bits per heavy atom. The molecule has 35 heavy (non-hydrogen) atoms. The summed E-state index contributed by atoms with van der Waals surface area (Å²) >= 11 is 3.70. The molecule has 8 heteroatoms. The molecule has 2 aromatic heterocycles. The van der Waals surface area contributed by atoms with Crippen molar-refractivity contribution in [2.24, 2.45) is 0 Å². The van der Waals surface area contributed by atoms with Crippen LogP contribution in [0.25, 0.3) is 22.3 Å². The van der Waals surface area contributed by atoms with Crippen molar-refractivity contribution in [2.45, 2.75) is 53.2 Å². The Hall–Kier alpha value is -3.39. The van der Waals surface area contributed by atoms with Crippen molar-refractivity contribution < 1.29 is 18.7 Å². The number of nitrogens with zero attached hydrogens (tertiary/aromatic N) is 2. The van der Waals surface area contributed by atoms with Crippen LogP contribution in [-0.4, -0.2) is 27.5 Å². The number of hydrogen-bond donors (Lipinski definition) is 1. The summed E-state index contributed by atoms with van der Waals surface area (Å²) in [5, 5.41) is 3.72. The highest BCUT2D eigenvalue weighted by Crippen LogP contribution is 2.41. The monoisotopic (exact) mass is 537 g/mol. The third-order valence-electron chi connectivity index (χ3n) is 5.54. The SMILES string of the molecule is CCc1nc(C)c(C=O)n1Cc1ccc2oc(-c3ccccc3NC(=O)OC(C)(C)C)c(Br)c2c1. The van der Waals surface area contributed by atoms with E-state index in [0.717, 1.165) is 45.2 Å². The van der Waals surface area contributed by atoms with Crippen molar-refractivity contribution in [1.82, 2.24) is 9.55 Å². The maximum Gasteiger partial charge on any atom is 0.412 e. The second kappa shape index (κ2) is 9.70. The van der Waals surface area contributed by atoms with E-state index in [2.05, 4.69) is 26.2 Å². The summed E-state index contributed by atoms with van der Waals surface area (Å²) < 4.78 is 14.3. The zero-order chi connectivity index (χ0) is 25.3. The molecule has 1 amide bonds. The molecule has 0 aliphatic carbocycles. The van der Waals surface area contributed by atoms with E-state index in [9.17, 15) is 9.59 Å². The first-order valence-electron chi connectivity index (χ1n) is 11.4. The third kappa shape index (κ3) is 5.17. The van der Waals surface area contributed by atoms with Crippen LogP contribution in [0.1, 0.15) is 55.3 Å². The number of aldehydes is 1. The number of aromatic nitrogens is 2. The Labute approximate surface area is 212 Å². The van der Waals surface area contributed by atoms with Crippen LogP contribution in [0.2, 0.25) is 0 Å². The number of fused-ring (bicyclic) bond motifs is 1. The quantitative estimate of drug-likeness (QED) is 0.264. The van der Waals surface area contributed by atoms with Crippen molar-refractivity contribution >= 4 is 45.0 Å². The van der Waals surface area contributed by atoms with Gasteiger partial charge in [-0.05, 0) is 73.5 Å². The lowest BCUT2D eigenvalue weighted by molar-refractivity contribution is 0.0636. The van der Waals surface area contributed by atoms with E-state index in [1.54, 1.807) is 6.07 Å². The van der Waals surface area contributed by atoms with Crippen molar-refractivity contribution in [3.05, 3.63) is 69.7 Å². The number of para-hydroxylation sites is 1. The zero-order valence-corrected chi connectivity index (χ0v) is 22.0. The van der Waals surface area contributed by atoms with Crippen LogP contribution < -0.4 is 5.32 Å². The second-order valence-electron chi connectivity index (χ2n) is 9.30. The summed E-state index contributed by atoms with van der Waals surface area (Å²) in [7, 11) is 0. The molecule has 0 saturated heterocycles. The maximum absolute atomic E-state index is 12.4. The van der Waals surface area contributed by atoms with E-state index in [0.29, 0.717) is 29.3 Å². The van der Waals surface area contributed by atoms with Gasteiger partial charge < -0.3 is 13.7 Å². The van der Waals surface area contributed by atoms with Gasteiger partial charge in [0.25, 0.3) is 0 Å². The number of carbonyl (C=O) groups excluding carboxylic acids is 2. The summed E-state index contributed by atoms with van der Waals surface area (Å²) in [6, 6.07) is 13.4. The van der Waals surface area contributed by atoms with Crippen molar-refractivity contribution in [1.29, 1.82) is 0 Å². The topological polar surface area (TPSA) is 86.4 Å². The van der Waals surface area contributed by atoms with Crippen LogP contribution in [0.15, 0.2) is 51.4 Å². The number of imidazole rings is 1. The number of furan rings is 1. The van der Waals surface area contributed by atoms with E-state index in [4.69, 9.17) is 9.15 Å². The molecule has 0 aliphatic rings. The average molecular weight is 538 g/mol. The maximum atomic E-state index is 12.4. The van der Waals surface area contributed by atoms with Gasteiger partial charge in [-0.15, -0.1) is 0 Å². The fourth-order valence-electron chi connectivity index (χ4n) is 4.01.